The van der Waals surface area contributed by atoms with Gasteiger partial charge in [-0.1, -0.05) is 12.1 Å². The molecule has 0 radical (unpaired) electrons. The maximum absolute atomic E-state index is 10.8. The van der Waals surface area contributed by atoms with Crippen molar-refractivity contribution in [3.8, 4) is 0 Å². The van der Waals surface area contributed by atoms with Crippen LogP contribution in [0.2, 0.25) is 0 Å². The van der Waals surface area contributed by atoms with Gasteiger partial charge in [0.1, 0.15) is 5.52 Å². The van der Waals surface area contributed by atoms with E-state index in [2.05, 4.69) is 9.72 Å². The Bertz CT molecular complexity index is 639. The predicted octanol–water partition coefficient (Wildman–Crippen LogP) is 3.81. The number of nitrogens with zero attached hydrogens (tertiary/aromatic N) is 1. The summed E-state index contributed by atoms with van der Waals surface area (Å²) in [7, 11) is 0. The maximum Gasteiger partial charge on any atom is 0.506 e. The first-order valence-corrected chi connectivity index (χ1v) is 7.70. The lowest BCUT2D eigenvalue weighted by Crippen LogP contribution is -2.13. The highest BCUT2D eigenvalue weighted by atomic mass is 32.2. The minimum Gasteiger partial charge on any atom is -0.450 e. The topological polar surface area (TPSA) is 119 Å². The fourth-order valence-corrected chi connectivity index (χ4v) is 2.77. The molecule has 0 fully saturated rings. The van der Waals surface area contributed by atoms with Gasteiger partial charge < -0.3 is 24.1 Å². The Balaban J connectivity index is 1.89. The molecule has 23 heavy (non-hydrogen) atoms. The van der Waals surface area contributed by atoms with E-state index in [-0.39, 0.29) is 6.61 Å². The molecule has 0 aliphatic rings. The second-order valence-corrected chi connectivity index (χ2v) is 5.60. The average molecular weight is 341 g/mol. The largest absolute Gasteiger partial charge is 0.506 e. The first kappa shape index (κ1) is 16.9. The van der Waals surface area contributed by atoms with E-state index in [1.165, 1.54) is 0 Å². The number of ether oxygens (including phenoxy) is 2. The van der Waals surface area contributed by atoms with Crippen LogP contribution in [0.3, 0.4) is 0 Å². The number of unbranched alkanes of at least 4 members (excludes halogenated alkanes) is 1. The normalized spacial score (nSPS) is 12.0. The molecule has 0 aliphatic heterocycles. The number of hydrogen-bond acceptors (Lipinski definition) is 7. The van der Waals surface area contributed by atoms with Crippen molar-refractivity contribution >= 4 is 35.2 Å². The first-order valence-electron chi connectivity index (χ1n) is 6.82. The van der Waals surface area contributed by atoms with Gasteiger partial charge in [-0.05, 0) is 43.2 Å². The van der Waals surface area contributed by atoms with Gasteiger partial charge in [0.2, 0.25) is 0 Å². The van der Waals surface area contributed by atoms with E-state index < -0.39 is 17.7 Å². The van der Waals surface area contributed by atoms with E-state index in [0.717, 1.165) is 11.8 Å². The van der Waals surface area contributed by atoms with E-state index in [0.29, 0.717) is 35.6 Å². The molecule has 0 aliphatic carbocycles. The highest BCUT2D eigenvalue weighted by Crippen LogP contribution is 2.29. The summed E-state index contributed by atoms with van der Waals surface area (Å²) in [6.45, 7) is 0.0582. The van der Waals surface area contributed by atoms with Crippen molar-refractivity contribution < 1.29 is 33.7 Å². The molecule has 124 valence electrons. The monoisotopic (exact) mass is 341 g/mol. The number of benzene rings is 1. The molecular formula is C14H15NO7S. The third kappa shape index (κ3) is 5.70. The van der Waals surface area contributed by atoms with E-state index in [4.69, 9.17) is 19.4 Å². The summed E-state index contributed by atoms with van der Waals surface area (Å²) in [5, 5.41) is 17.5. The molecule has 1 atom stereocenters. The highest BCUT2D eigenvalue weighted by Gasteiger charge is 2.19. The third-order valence-corrected chi connectivity index (χ3v) is 3.77. The number of fused-ring (bicyclic) bond motifs is 1. The summed E-state index contributed by atoms with van der Waals surface area (Å²) in [5.41, 5.74) is 0.600. The zero-order valence-electron chi connectivity index (χ0n) is 12.0. The lowest BCUT2D eigenvalue weighted by atomic mass is 10.2. The Morgan fingerprint density at radius 3 is 2.70 bits per heavy atom. The van der Waals surface area contributed by atoms with Crippen molar-refractivity contribution in [3.63, 3.8) is 0 Å². The number of oxazole rings is 1. The summed E-state index contributed by atoms with van der Waals surface area (Å²) in [6, 6.07) is 7.20. The minimum absolute atomic E-state index is 0.0582. The van der Waals surface area contributed by atoms with Gasteiger partial charge in [-0.3, -0.25) is 0 Å². The van der Waals surface area contributed by atoms with Crippen LogP contribution in [-0.2, 0) is 9.47 Å². The molecule has 1 heterocycles. The highest BCUT2D eigenvalue weighted by molar-refractivity contribution is 7.99. The van der Waals surface area contributed by atoms with Crippen LogP contribution in [0.5, 0.6) is 0 Å². The third-order valence-electron chi connectivity index (χ3n) is 2.80. The fraction of sp³-hybridized carbons (Fsp3) is 0.357. The molecule has 9 heteroatoms. The number of carboxylic acid groups (broad SMARTS) is 2. The molecule has 2 N–H and O–H groups in total. The van der Waals surface area contributed by atoms with Gasteiger partial charge in [0.15, 0.2) is 11.0 Å². The molecule has 2 rings (SSSR count). The van der Waals surface area contributed by atoms with Crippen LogP contribution >= 0.6 is 11.8 Å². The molecule has 2 aromatic rings. The summed E-state index contributed by atoms with van der Waals surface area (Å²) >= 11 is 1.07. The number of para-hydroxylation sites is 2. The summed E-state index contributed by atoms with van der Waals surface area (Å²) < 4.78 is 14.7. The first-order chi connectivity index (χ1) is 11.0. The molecule has 0 bridgehead atoms. The van der Waals surface area contributed by atoms with Crippen LogP contribution < -0.4 is 0 Å². The molecule has 1 aromatic heterocycles. The Morgan fingerprint density at radius 2 is 2.00 bits per heavy atom. The minimum atomic E-state index is -1.39. The van der Waals surface area contributed by atoms with Crippen molar-refractivity contribution in [2.24, 2.45) is 0 Å². The van der Waals surface area contributed by atoms with Crippen molar-refractivity contribution in [2.45, 2.75) is 29.9 Å². The average Bonchev–Trinajstić information content (AvgIpc) is 2.87. The van der Waals surface area contributed by atoms with Crippen molar-refractivity contribution in [1.82, 2.24) is 4.98 Å². The van der Waals surface area contributed by atoms with Gasteiger partial charge in [0.05, 0.1) is 6.61 Å². The van der Waals surface area contributed by atoms with Gasteiger partial charge in [0, 0.05) is 0 Å². The van der Waals surface area contributed by atoms with E-state index >= 15 is 0 Å². The van der Waals surface area contributed by atoms with Crippen LogP contribution in [0.4, 0.5) is 9.59 Å². The SMILES string of the molecule is O=C(O)OCCCCC(OC(=O)O)Sc1nc2ccccc2o1. The summed E-state index contributed by atoms with van der Waals surface area (Å²) in [4.78, 5) is 25.2. The molecule has 8 nitrogen and oxygen atoms in total. The molecule has 0 saturated carbocycles. The van der Waals surface area contributed by atoms with Gasteiger partial charge in [-0.2, -0.15) is 0 Å². The molecule has 0 spiro atoms. The molecule has 1 aromatic carbocycles. The second-order valence-electron chi connectivity index (χ2n) is 4.49. The van der Waals surface area contributed by atoms with Gasteiger partial charge in [0.25, 0.3) is 5.22 Å². The molecule has 0 saturated heterocycles. The van der Waals surface area contributed by atoms with Crippen molar-refractivity contribution in [2.75, 3.05) is 6.61 Å². The Kier molecular flexibility index (Phi) is 6.10. The lowest BCUT2D eigenvalue weighted by Gasteiger charge is -2.13. The van der Waals surface area contributed by atoms with Gasteiger partial charge >= 0.3 is 12.3 Å². The Hall–Kier alpha value is -2.42. The number of carbonyl (C=O) groups is 2. The van der Waals surface area contributed by atoms with Crippen LogP contribution in [0.15, 0.2) is 33.9 Å². The van der Waals surface area contributed by atoms with Crippen LogP contribution in [-0.4, -0.2) is 39.6 Å². The number of thioether (sulfide) groups is 1. The Labute approximate surface area is 135 Å². The van der Waals surface area contributed by atoms with Gasteiger partial charge in [-0.15, -0.1) is 0 Å². The van der Waals surface area contributed by atoms with E-state index in [1.807, 2.05) is 12.1 Å². The summed E-state index contributed by atoms with van der Waals surface area (Å²) in [5.74, 6) is 0. The van der Waals surface area contributed by atoms with Crippen LogP contribution in [0, 0.1) is 0 Å². The van der Waals surface area contributed by atoms with Crippen LogP contribution in [0.1, 0.15) is 19.3 Å². The fourth-order valence-electron chi connectivity index (χ4n) is 1.84. The standard InChI is InChI=1S/C14H15NO7S/c16-13(17)20-8-4-3-7-11(22-14(18)19)23-12-15-9-5-1-2-6-10(9)21-12/h1-2,5-6,11H,3-4,7-8H2,(H,16,17)(H,18,19). The number of aromatic nitrogens is 1. The molecular weight excluding hydrogens is 326 g/mol. The zero-order valence-corrected chi connectivity index (χ0v) is 12.8. The second kappa shape index (κ2) is 8.28. The summed E-state index contributed by atoms with van der Waals surface area (Å²) in [6.07, 6.45) is -1.32. The zero-order chi connectivity index (χ0) is 16.7. The van der Waals surface area contributed by atoms with Crippen molar-refractivity contribution in [3.05, 3.63) is 24.3 Å². The smallest absolute Gasteiger partial charge is 0.450 e. The van der Waals surface area contributed by atoms with E-state index in [1.54, 1.807) is 12.1 Å². The predicted molar refractivity (Wildman–Crippen MR) is 80.6 cm³/mol. The number of rotatable bonds is 8. The molecule has 0 amide bonds. The van der Waals surface area contributed by atoms with Gasteiger partial charge in [-0.25, -0.2) is 14.6 Å². The van der Waals surface area contributed by atoms with Crippen molar-refractivity contribution in [1.29, 1.82) is 0 Å². The van der Waals surface area contributed by atoms with Crippen LogP contribution in [0.25, 0.3) is 11.1 Å². The lowest BCUT2D eigenvalue weighted by molar-refractivity contribution is 0.0762. The quantitative estimate of drug-likeness (QED) is 0.319. The molecule has 1 unspecified atom stereocenters. The maximum atomic E-state index is 10.8. The van der Waals surface area contributed by atoms with E-state index in [9.17, 15) is 9.59 Å². The Morgan fingerprint density at radius 1 is 1.22 bits per heavy atom. The number of hydrogen-bond donors (Lipinski definition) is 2.